The molecule has 0 saturated heterocycles. The van der Waals surface area contributed by atoms with Crippen molar-refractivity contribution in [2.45, 2.75) is 17.8 Å². The molecule has 3 atom stereocenters. The van der Waals surface area contributed by atoms with Gasteiger partial charge in [0.2, 0.25) is 0 Å². The zero-order valence-corrected chi connectivity index (χ0v) is 19.9. The van der Waals surface area contributed by atoms with Crippen molar-refractivity contribution in [3.05, 3.63) is 108 Å². The third-order valence-corrected chi connectivity index (χ3v) is 4.58. The summed E-state index contributed by atoms with van der Waals surface area (Å²) in [4.78, 5) is 30.8. The van der Waals surface area contributed by atoms with Crippen LogP contribution in [0.15, 0.2) is 91.0 Å². The fraction of sp³-hybridized carbons (Fsp3) is 0.222. The van der Waals surface area contributed by atoms with E-state index >= 15 is 0 Å². The van der Waals surface area contributed by atoms with E-state index in [0.29, 0.717) is 0 Å². The summed E-state index contributed by atoms with van der Waals surface area (Å²) in [6.07, 6.45) is 5.30. The van der Waals surface area contributed by atoms with E-state index in [1.54, 1.807) is 55.3 Å². The minimum Gasteiger partial charge on any atom is -0.907 e. The monoisotopic (exact) mass is 506 g/mol. The van der Waals surface area contributed by atoms with Crippen LogP contribution in [-0.2, 0) is 14.4 Å². The highest BCUT2D eigenvalue weighted by Crippen LogP contribution is 2.12. The number of aliphatic hydroxyl groups excluding tert-OH is 3. The number of rotatable bonds is 9. The Morgan fingerprint density at radius 2 is 0.703 bits per heavy atom. The summed E-state index contributed by atoms with van der Waals surface area (Å²) in [5.41, 5.74) is 2.43. The van der Waals surface area contributed by atoms with Crippen molar-refractivity contribution >= 4 is 26.2 Å². The van der Waals surface area contributed by atoms with Crippen LogP contribution in [0.25, 0.3) is 0 Å². The van der Waals surface area contributed by atoms with Crippen molar-refractivity contribution in [2.75, 3.05) is 19.8 Å². The predicted octanol–water partition coefficient (Wildman–Crippen LogP) is -1.33. The van der Waals surface area contributed by atoms with Crippen molar-refractivity contribution in [3.63, 3.8) is 0 Å². The molecule has 0 aliphatic rings. The molecule has 192 valence electrons. The van der Waals surface area contributed by atoms with Crippen LogP contribution in [0.3, 0.4) is 0 Å². The SMILES string of the molecule is O=[C+]C(CO)c1ccccc1.O=[C+]C(CO)c1ccccc1.O=[C+]C(CO)c1ccccc1.[O-]B([O-])[O-]. The van der Waals surface area contributed by atoms with Gasteiger partial charge in [0.25, 0.3) is 17.8 Å². The lowest BCUT2D eigenvalue weighted by atomic mass is 10.0. The Hall–Kier alpha value is -3.78. The van der Waals surface area contributed by atoms with Gasteiger partial charge in [0.15, 0.2) is 0 Å². The first-order chi connectivity index (χ1) is 17.9. The van der Waals surface area contributed by atoms with Crippen LogP contribution < -0.4 is 15.1 Å². The average molecular weight is 506 g/mol. The Kier molecular flexibility index (Phi) is 19.3. The topological polar surface area (TPSA) is 181 Å². The van der Waals surface area contributed by atoms with Gasteiger partial charge in [-0.05, 0) is 0 Å². The highest BCUT2D eigenvalue weighted by molar-refractivity contribution is 6.24. The van der Waals surface area contributed by atoms with Crippen molar-refractivity contribution in [2.24, 2.45) is 0 Å². The Morgan fingerprint density at radius 1 is 0.514 bits per heavy atom. The Morgan fingerprint density at radius 3 is 0.838 bits per heavy atom. The Bertz CT molecular complexity index is 832. The fourth-order valence-electron chi connectivity index (χ4n) is 2.69. The second kappa shape index (κ2) is 21.5. The quantitative estimate of drug-likeness (QED) is 0.234. The molecule has 37 heavy (non-hydrogen) atoms. The van der Waals surface area contributed by atoms with Gasteiger partial charge in [-0.2, -0.15) is 0 Å². The minimum absolute atomic E-state index is 0.173. The number of hydrogen-bond donors (Lipinski definition) is 3. The zero-order chi connectivity index (χ0) is 27.9. The number of aliphatic hydroxyl groups is 3. The van der Waals surface area contributed by atoms with Crippen LogP contribution in [0.1, 0.15) is 34.4 Å². The molecule has 3 unspecified atom stereocenters. The van der Waals surface area contributed by atoms with Crippen LogP contribution in [0.5, 0.6) is 0 Å². The van der Waals surface area contributed by atoms with E-state index in [-0.39, 0.29) is 19.8 Å². The van der Waals surface area contributed by atoms with Crippen LogP contribution in [-0.4, -0.2) is 61.3 Å². The van der Waals surface area contributed by atoms with E-state index in [1.165, 1.54) is 0 Å². The van der Waals surface area contributed by atoms with Gasteiger partial charge >= 0.3 is 18.9 Å². The van der Waals surface area contributed by atoms with Gasteiger partial charge in [-0.1, -0.05) is 91.0 Å². The molecule has 0 saturated carbocycles. The molecule has 0 aliphatic carbocycles. The molecule has 9 nitrogen and oxygen atoms in total. The van der Waals surface area contributed by atoms with E-state index in [9.17, 15) is 14.4 Å². The molecular formula is C27H27BO9. The molecule has 3 aromatic rings. The molecule has 0 radical (unpaired) electrons. The van der Waals surface area contributed by atoms with E-state index < -0.39 is 25.1 Å². The summed E-state index contributed by atoms with van der Waals surface area (Å²) in [5.74, 6) is -1.47. The second-order valence-corrected chi connectivity index (χ2v) is 7.08. The number of carbonyl (C=O) groups excluding carboxylic acids is 3. The molecule has 0 fully saturated rings. The van der Waals surface area contributed by atoms with E-state index in [0.717, 1.165) is 16.7 Å². The van der Waals surface area contributed by atoms with E-state index in [4.69, 9.17) is 30.4 Å². The largest absolute Gasteiger partial charge is 0.907 e. The van der Waals surface area contributed by atoms with Gasteiger partial charge in [0, 0.05) is 31.1 Å². The van der Waals surface area contributed by atoms with Gasteiger partial charge in [-0.25, -0.2) is 0 Å². The predicted molar refractivity (Wildman–Crippen MR) is 132 cm³/mol. The number of benzene rings is 3. The maximum absolute atomic E-state index is 10.3. The first-order valence-corrected chi connectivity index (χ1v) is 11.0. The van der Waals surface area contributed by atoms with Crippen LogP contribution in [0.4, 0.5) is 0 Å². The van der Waals surface area contributed by atoms with Crippen molar-refractivity contribution in [1.29, 1.82) is 0 Å². The maximum atomic E-state index is 10.3. The molecular weight excluding hydrogens is 479 g/mol. The lowest BCUT2D eigenvalue weighted by Crippen LogP contribution is -2.56. The normalized spacial score (nSPS) is 11.5. The van der Waals surface area contributed by atoms with Crippen LogP contribution >= 0.6 is 0 Å². The van der Waals surface area contributed by atoms with Gasteiger partial charge < -0.3 is 30.4 Å². The third-order valence-electron chi connectivity index (χ3n) is 4.58. The molecule has 0 aromatic heterocycles. The van der Waals surface area contributed by atoms with Crippen LogP contribution in [0, 0.1) is 0 Å². The zero-order valence-electron chi connectivity index (χ0n) is 19.9. The average Bonchev–Trinajstić information content (AvgIpc) is 2.93. The summed E-state index contributed by atoms with van der Waals surface area (Å²) in [6.45, 7) is -0.519. The fourth-order valence-corrected chi connectivity index (χ4v) is 2.69. The summed E-state index contributed by atoms with van der Waals surface area (Å²) < 4.78 is 0. The summed E-state index contributed by atoms with van der Waals surface area (Å²) in [6, 6.07) is 27.3. The number of hydrogen-bond acceptors (Lipinski definition) is 9. The van der Waals surface area contributed by atoms with Crippen molar-refractivity contribution in [3.8, 4) is 0 Å². The second-order valence-electron chi connectivity index (χ2n) is 7.08. The molecule has 3 N–H and O–H groups in total. The molecule has 3 aromatic carbocycles. The summed E-state index contributed by atoms with van der Waals surface area (Å²) in [5, 5.41) is 51.4. The maximum Gasteiger partial charge on any atom is 0.517 e. The highest BCUT2D eigenvalue weighted by atomic mass is 16.5. The molecule has 0 spiro atoms. The lowest BCUT2D eigenvalue weighted by Gasteiger charge is -2.35. The van der Waals surface area contributed by atoms with Gasteiger partial charge in [0.1, 0.15) is 19.8 Å². The first-order valence-electron chi connectivity index (χ1n) is 11.0. The Labute approximate surface area is 216 Å². The molecule has 0 amide bonds. The standard InChI is InChI=1S/3C9H9O2.BO3/c3*10-6-9(7-11)8-4-2-1-3-5-8;2-1(3)4/h3*1-5,9-10H,6H2;/q3*+1;-3. The smallest absolute Gasteiger partial charge is 0.517 e. The van der Waals surface area contributed by atoms with E-state index in [2.05, 4.69) is 0 Å². The Balaban J connectivity index is 0.000000490. The minimum atomic E-state index is -2.92. The molecule has 0 bridgehead atoms. The van der Waals surface area contributed by atoms with Gasteiger partial charge in [-0.15, -0.1) is 0 Å². The summed E-state index contributed by atoms with van der Waals surface area (Å²) in [7, 11) is -2.92. The molecule has 0 aliphatic heterocycles. The van der Waals surface area contributed by atoms with Gasteiger partial charge in [0.05, 0.1) is 0 Å². The molecule has 0 heterocycles. The van der Waals surface area contributed by atoms with Crippen molar-refractivity contribution in [1.82, 2.24) is 0 Å². The van der Waals surface area contributed by atoms with Crippen molar-refractivity contribution < 1.29 is 44.8 Å². The lowest BCUT2D eigenvalue weighted by molar-refractivity contribution is -0.479. The highest BCUT2D eigenvalue weighted by Gasteiger charge is 2.23. The first kappa shape index (κ1) is 33.2. The summed E-state index contributed by atoms with van der Waals surface area (Å²) >= 11 is 0. The molecule has 3 rings (SSSR count). The van der Waals surface area contributed by atoms with Crippen LogP contribution in [0.2, 0.25) is 0 Å². The molecule has 10 heteroatoms. The van der Waals surface area contributed by atoms with E-state index in [1.807, 2.05) is 54.6 Å². The third kappa shape index (κ3) is 15.1. The van der Waals surface area contributed by atoms with Gasteiger partial charge in [-0.3, -0.25) is 7.32 Å².